The number of aliphatic imine (C=N–C) groups is 1. The third kappa shape index (κ3) is 8.94. The van der Waals surface area contributed by atoms with Gasteiger partial charge in [0.1, 0.15) is 0 Å². The first-order chi connectivity index (χ1) is 14.7. The summed E-state index contributed by atoms with van der Waals surface area (Å²) in [6.07, 6.45) is 4.79. The number of nitrogens with zero attached hydrogens (tertiary/aromatic N) is 4. The van der Waals surface area contributed by atoms with Gasteiger partial charge in [-0.25, -0.2) is 0 Å². The fourth-order valence-corrected chi connectivity index (χ4v) is 4.60. The maximum absolute atomic E-state index is 6.13. The lowest BCUT2D eigenvalue weighted by molar-refractivity contribution is 0.206. The van der Waals surface area contributed by atoms with Gasteiger partial charge in [-0.15, -0.1) is 24.0 Å². The van der Waals surface area contributed by atoms with Crippen LogP contribution in [0.15, 0.2) is 29.3 Å². The van der Waals surface area contributed by atoms with Crippen LogP contribution in [0, 0.1) is 0 Å². The largest absolute Gasteiger partial charge is 0.369 e. The third-order valence-corrected chi connectivity index (χ3v) is 6.42. The Labute approximate surface area is 210 Å². The molecule has 0 aliphatic carbocycles. The molecule has 2 saturated heterocycles. The number of piperidine rings is 1. The van der Waals surface area contributed by atoms with Crippen molar-refractivity contribution in [3.05, 3.63) is 29.3 Å². The summed E-state index contributed by atoms with van der Waals surface area (Å²) in [5, 5.41) is 7.94. The van der Waals surface area contributed by atoms with Gasteiger partial charge in [0.25, 0.3) is 0 Å². The van der Waals surface area contributed by atoms with Crippen molar-refractivity contribution >= 4 is 47.2 Å². The fourth-order valence-electron chi connectivity index (χ4n) is 4.42. The van der Waals surface area contributed by atoms with E-state index < -0.39 is 0 Å². The Kier molecular flexibility index (Phi) is 12.3. The lowest BCUT2D eigenvalue weighted by Crippen LogP contribution is -2.49. The molecule has 0 spiro atoms. The van der Waals surface area contributed by atoms with Crippen LogP contribution in [0.25, 0.3) is 0 Å². The van der Waals surface area contributed by atoms with E-state index in [9.17, 15) is 0 Å². The summed E-state index contributed by atoms with van der Waals surface area (Å²) >= 11 is 6.13. The second-order valence-corrected chi connectivity index (χ2v) is 8.86. The summed E-state index contributed by atoms with van der Waals surface area (Å²) in [6.45, 7) is 12.3. The predicted molar refractivity (Wildman–Crippen MR) is 144 cm³/mol. The minimum Gasteiger partial charge on any atom is -0.369 e. The second-order valence-electron chi connectivity index (χ2n) is 8.42. The Hall–Kier alpha value is -0.770. The van der Waals surface area contributed by atoms with E-state index >= 15 is 0 Å². The molecule has 0 radical (unpaired) electrons. The van der Waals surface area contributed by atoms with Gasteiger partial charge in [0.2, 0.25) is 0 Å². The first-order valence-corrected chi connectivity index (χ1v) is 12.0. The fraction of sp³-hybridized carbons (Fsp3) is 0.696. The van der Waals surface area contributed by atoms with Gasteiger partial charge in [0, 0.05) is 69.6 Å². The van der Waals surface area contributed by atoms with Crippen LogP contribution in [0.1, 0.15) is 32.6 Å². The number of hydrogen-bond acceptors (Lipinski definition) is 4. The lowest BCUT2D eigenvalue weighted by atomic mass is 10.1. The number of likely N-dealkylation sites (tertiary alicyclic amines) is 1. The Morgan fingerprint density at radius 2 is 1.77 bits per heavy atom. The van der Waals surface area contributed by atoms with Crippen LogP contribution in [0.5, 0.6) is 0 Å². The van der Waals surface area contributed by atoms with Crippen molar-refractivity contribution < 1.29 is 0 Å². The number of rotatable bonds is 8. The minimum atomic E-state index is 0. The van der Waals surface area contributed by atoms with Crippen LogP contribution in [0.4, 0.5) is 5.69 Å². The smallest absolute Gasteiger partial charge is 0.191 e. The zero-order chi connectivity index (χ0) is 21.2. The Balaban J connectivity index is 0.00000341. The molecule has 2 heterocycles. The van der Waals surface area contributed by atoms with Crippen LogP contribution in [-0.2, 0) is 0 Å². The molecule has 2 fully saturated rings. The molecule has 2 aliphatic rings. The van der Waals surface area contributed by atoms with Crippen molar-refractivity contribution in [2.75, 3.05) is 70.9 Å². The molecule has 0 bridgehead atoms. The molecule has 0 saturated carbocycles. The van der Waals surface area contributed by atoms with E-state index in [1.165, 1.54) is 44.6 Å². The SMILES string of the molecule is CCCN1CCC(NC(=NC)NCCCN2CCN(c3cccc(Cl)c3)CC2)CC1.I. The molecule has 2 aliphatic heterocycles. The lowest BCUT2D eigenvalue weighted by Gasteiger charge is -2.36. The molecule has 0 unspecified atom stereocenters. The summed E-state index contributed by atoms with van der Waals surface area (Å²) in [5.41, 5.74) is 1.24. The maximum atomic E-state index is 6.13. The van der Waals surface area contributed by atoms with E-state index in [1.807, 2.05) is 19.2 Å². The molecule has 2 N–H and O–H groups in total. The molecule has 3 rings (SSSR count). The number of halogens is 2. The molecule has 0 amide bonds. The van der Waals surface area contributed by atoms with Crippen LogP contribution in [0.3, 0.4) is 0 Å². The van der Waals surface area contributed by atoms with Crippen LogP contribution < -0.4 is 15.5 Å². The third-order valence-electron chi connectivity index (χ3n) is 6.18. The number of guanidine groups is 1. The quantitative estimate of drug-likeness (QED) is 0.220. The van der Waals surface area contributed by atoms with Crippen LogP contribution >= 0.6 is 35.6 Å². The minimum absolute atomic E-state index is 0. The van der Waals surface area contributed by atoms with E-state index in [0.717, 1.165) is 56.7 Å². The average molecular weight is 563 g/mol. The first-order valence-electron chi connectivity index (χ1n) is 11.6. The number of anilines is 1. The first kappa shape index (κ1) is 26.5. The number of nitrogens with one attached hydrogen (secondary N) is 2. The van der Waals surface area contributed by atoms with Gasteiger partial charge in [-0.05, 0) is 57.0 Å². The molecule has 31 heavy (non-hydrogen) atoms. The number of piperazine rings is 1. The van der Waals surface area contributed by atoms with E-state index in [-0.39, 0.29) is 24.0 Å². The van der Waals surface area contributed by atoms with Crippen LogP contribution in [0.2, 0.25) is 5.02 Å². The highest BCUT2D eigenvalue weighted by Crippen LogP contribution is 2.20. The molecular weight excluding hydrogens is 523 g/mol. The van der Waals surface area contributed by atoms with Gasteiger partial charge in [0.15, 0.2) is 5.96 Å². The molecular formula is C23H40ClIN6. The highest BCUT2D eigenvalue weighted by Gasteiger charge is 2.19. The van der Waals surface area contributed by atoms with Crippen molar-refractivity contribution in [3.8, 4) is 0 Å². The van der Waals surface area contributed by atoms with Gasteiger partial charge in [-0.3, -0.25) is 9.89 Å². The molecule has 0 aromatic heterocycles. The molecule has 6 nitrogen and oxygen atoms in total. The van der Waals surface area contributed by atoms with Crippen molar-refractivity contribution in [3.63, 3.8) is 0 Å². The highest BCUT2D eigenvalue weighted by molar-refractivity contribution is 14.0. The monoisotopic (exact) mass is 562 g/mol. The normalized spacial score (nSPS) is 19.2. The van der Waals surface area contributed by atoms with E-state index in [1.54, 1.807) is 0 Å². The Bertz CT molecular complexity index is 657. The molecule has 176 valence electrons. The van der Waals surface area contributed by atoms with E-state index in [2.05, 4.69) is 49.4 Å². The zero-order valence-corrected chi connectivity index (χ0v) is 22.2. The van der Waals surface area contributed by atoms with Gasteiger partial charge in [0.05, 0.1) is 0 Å². The van der Waals surface area contributed by atoms with Gasteiger partial charge < -0.3 is 20.4 Å². The summed E-state index contributed by atoms with van der Waals surface area (Å²) in [7, 11) is 1.87. The average Bonchev–Trinajstić information content (AvgIpc) is 2.77. The van der Waals surface area contributed by atoms with Gasteiger partial charge >= 0.3 is 0 Å². The highest BCUT2D eigenvalue weighted by atomic mass is 127. The van der Waals surface area contributed by atoms with Gasteiger partial charge in [-0.2, -0.15) is 0 Å². The van der Waals surface area contributed by atoms with E-state index in [0.29, 0.717) is 6.04 Å². The van der Waals surface area contributed by atoms with Crippen LogP contribution in [-0.4, -0.2) is 87.8 Å². The van der Waals surface area contributed by atoms with Crippen molar-refractivity contribution in [2.45, 2.75) is 38.6 Å². The number of hydrogen-bond donors (Lipinski definition) is 2. The summed E-state index contributed by atoms with van der Waals surface area (Å²) in [5.74, 6) is 0.953. The summed E-state index contributed by atoms with van der Waals surface area (Å²) in [4.78, 5) is 12.0. The number of benzene rings is 1. The summed E-state index contributed by atoms with van der Waals surface area (Å²) in [6, 6.07) is 8.73. The molecule has 1 aromatic rings. The van der Waals surface area contributed by atoms with Crippen molar-refractivity contribution in [2.24, 2.45) is 4.99 Å². The second kappa shape index (κ2) is 14.4. The predicted octanol–water partition coefficient (Wildman–Crippen LogP) is 3.51. The van der Waals surface area contributed by atoms with Gasteiger partial charge in [-0.1, -0.05) is 24.6 Å². The van der Waals surface area contributed by atoms with Crippen molar-refractivity contribution in [1.29, 1.82) is 0 Å². The standard InChI is InChI=1S/C23H39ClN6.HI/c1-3-11-28-13-8-21(9-14-28)27-23(25-2)26-10-5-12-29-15-17-30(18-16-29)22-7-4-6-20(24)19-22;/h4,6-7,19,21H,3,5,8-18H2,1-2H3,(H2,25,26,27);1H. The topological polar surface area (TPSA) is 46.1 Å². The van der Waals surface area contributed by atoms with E-state index in [4.69, 9.17) is 11.6 Å². The molecule has 8 heteroatoms. The summed E-state index contributed by atoms with van der Waals surface area (Å²) < 4.78 is 0. The molecule has 0 atom stereocenters. The maximum Gasteiger partial charge on any atom is 0.191 e. The Morgan fingerprint density at radius 1 is 1.06 bits per heavy atom. The Morgan fingerprint density at radius 3 is 2.42 bits per heavy atom. The zero-order valence-electron chi connectivity index (χ0n) is 19.2. The van der Waals surface area contributed by atoms with Crippen molar-refractivity contribution in [1.82, 2.24) is 20.4 Å². The molecule has 1 aromatic carbocycles.